The molecule has 0 saturated carbocycles. The number of hydrogen-bond donors (Lipinski definition) is 2. The molecule has 1 aliphatic rings. The summed E-state index contributed by atoms with van der Waals surface area (Å²) in [4.78, 5) is 15.5. The molecule has 1 saturated heterocycles. The van der Waals surface area contributed by atoms with Gasteiger partial charge in [-0.15, -0.1) is 0 Å². The van der Waals surface area contributed by atoms with E-state index < -0.39 is 36.2 Å². The molecule has 1 aromatic rings. The number of carbonyl (C=O) groups excluding carboxylic acids is 1. The normalized spacial score (nSPS) is 17.8. The van der Waals surface area contributed by atoms with Gasteiger partial charge in [0, 0.05) is 63.0 Å². The van der Waals surface area contributed by atoms with E-state index in [1.165, 1.54) is 9.80 Å². The number of likely N-dealkylation sites (N-methyl/N-ethyl adjacent to an activating group) is 1. The Bertz CT molecular complexity index is 842. The fourth-order valence-electron chi connectivity index (χ4n) is 3.70. The predicted molar refractivity (Wildman–Crippen MR) is 108 cm³/mol. The third kappa shape index (κ3) is 7.04. The van der Waals surface area contributed by atoms with Gasteiger partial charge in [-0.05, 0) is 32.0 Å². The van der Waals surface area contributed by atoms with Crippen LogP contribution in [0.15, 0.2) is 23.5 Å². The standard InChI is InChI=1S/C21H28F6N4O/c1-13(28-2)19-4-5-30(6-7-31(19)12-21(25,26)27)20(32)10-15(29-3)8-14-9-17(23)18(24)11-16(14)22/h9,11,15,28-29H,4-8,10,12H2,1-3H3/b19-13-. The zero-order valence-electron chi connectivity index (χ0n) is 18.3. The Hall–Kier alpha value is -2.43. The molecule has 1 fully saturated rings. The number of nitrogens with one attached hydrogen (secondary N) is 2. The fraction of sp³-hybridized carbons (Fsp3) is 0.571. The number of benzene rings is 1. The Morgan fingerprint density at radius 1 is 1.06 bits per heavy atom. The van der Waals surface area contributed by atoms with Crippen LogP contribution in [0.3, 0.4) is 0 Å². The molecule has 2 N–H and O–H groups in total. The topological polar surface area (TPSA) is 47.6 Å². The van der Waals surface area contributed by atoms with Crippen molar-refractivity contribution in [2.75, 3.05) is 40.3 Å². The highest BCUT2D eigenvalue weighted by molar-refractivity contribution is 5.77. The number of amides is 1. The quantitative estimate of drug-likeness (QED) is 0.479. The van der Waals surface area contributed by atoms with E-state index >= 15 is 0 Å². The zero-order chi connectivity index (χ0) is 24.1. The van der Waals surface area contributed by atoms with E-state index in [2.05, 4.69) is 10.6 Å². The Kier molecular flexibility index (Phi) is 8.82. The van der Waals surface area contributed by atoms with Crippen LogP contribution in [0.2, 0.25) is 0 Å². The highest BCUT2D eigenvalue weighted by Crippen LogP contribution is 2.25. The van der Waals surface area contributed by atoms with Gasteiger partial charge in [0.2, 0.25) is 5.91 Å². The Balaban J connectivity index is 2.09. The van der Waals surface area contributed by atoms with Crippen LogP contribution in [0.1, 0.15) is 25.3 Å². The van der Waals surface area contributed by atoms with Crippen molar-refractivity contribution >= 4 is 5.91 Å². The summed E-state index contributed by atoms with van der Waals surface area (Å²) < 4.78 is 79.7. The molecule has 0 aromatic heterocycles. The lowest BCUT2D eigenvalue weighted by Crippen LogP contribution is -2.41. The molecule has 0 spiro atoms. The summed E-state index contributed by atoms with van der Waals surface area (Å²) in [5.74, 6) is -3.70. The highest BCUT2D eigenvalue weighted by Gasteiger charge is 2.34. The van der Waals surface area contributed by atoms with Crippen LogP contribution in [0, 0.1) is 17.5 Å². The first kappa shape index (κ1) is 25.8. The summed E-state index contributed by atoms with van der Waals surface area (Å²) in [5, 5.41) is 5.73. The van der Waals surface area contributed by atoms with Crippen LogP contribution in [-0.2, 0) is 11.2 Å². The SMILES string of the molecule is CN/C(C)=C1/CCN(C(=O)CC(Cc2cc(F)c(F)cc2F)NC)CCN1CC(F)(F)F. The van der Waals surface area contributed by atoms with Crippen LogP contribution < -0.4 is 10.6 Å². The predicted octanol–water partition coefficient (Wildman–Crippen LogP) is 3.17. The summed E-state index contributed by atoms with van der Waals surface area (Å²) in [6, 6.07) is 0.657. The third-order valence-corrected chi connectivity index (χ3v) is 5.56. The van der Waals surface area contributed by atoms with E-state index in [1.54, 1.807) is 21.0 Å². The maximum absolute atomic E-state index is 14.0. The zero-order valence-corrected chi connectivity index (χ0v) is 18.3. The molecule has 0 aliphatic carbocycles. The molecule has 32 heavy (non-hydrogen) atoms. The van der Waals surface area contributed by atoms with Crippen LogP contribution in [0.4, 0.5) is 26.3 Å². The molecule has 0 radical (unpaired) electrons. The molecule has 1 atom stereocenters. The second kappa shape index (κ2) is 10.9. The largest absolute Gasteiger partial charge is 0.405 e. The minimum atomic E-state index is -4.38. The minimum Gasteiger partial charge on any atom is -0.390 e. The van der Waals surface area contributed by atoms with Crippen molar-refractivity contribution in [3.05, 3.63) is 46.5 Å². The third-order valence-electron chi connectivity index (χ3n) is 5.56. The van der Waals surface area contributed by atoms with Crippen molar-refractivity contribution < 1.29 is 31.1 Å². The first-order valence-electron chi connectivity index (χ1n) is 10.2. The van der Waals surface area contributed by atoms with E-state index in [4.69, 9.17) is 0 Å². The number of allylic oxidation sites excluding steroid dienone is 1. The molecule has 0 bridgehead atoms. The molecule has 1 unspecified atom stereocenters. The number of halogens is 6. The highest BCUT2D eigenvalue weighted by atomic mass is 19.4. The smallest absolute Gasteiger partial charge is 0.390 e. The molecule has 180 valence electrons. The van der Waals surface area contributed by atoms with Gasteiger partial charge in [0.15, 0.2) is 11.6 Å². The van der Waals surface area contributed by atoms with Gasteiger partial charge < -0.3 is 20.4 Å². The second-order valence-electron chi connectivity index (χ2n) is 7.74. The monoisotopic (exact) mass is 466 g/mol. The summed E-state index contributed by atoms with van der Waals surface area (Å²) >= 11 is 0. The fourth-order valence-corrected chi connectivity index (χ4v) is 3.70. The average Bonchev–Trinajstić information content (AvgIpc) is 2.92. The second-order valence-corrected chi connectivity index (χ2v) is 7.74. The van der Waals surface area contributed by atoms with Crippen molar-refractivity contribution in [2.45, 2.75) is 38.4 Å². The maximum atomic E-state index is 14.0. The van der Waals surface area contributed by atoms with Crippen LogP contribution >= 0.6 is 0 Å². The van der Waals surface area contributed by atoms with Crippen molar-refractivity contribution in [1.29, 1.82) is 0 Å². The lowest BCUT2D eigenvalue weighted by molar-refractivity contribution is -0.142. The molecule has 1 aliphatic heterocycles. The molecular weight excluding hydrogens is 438 g/mol. The van der Waals surface area contributed by atoms with E-state index in [1.807, 2.05) is 0 Å². The lowest BCUT2D eigenvalue weighted by atomic mass is 10.0. The summed E-state index contributed by atoms with van der Waals surface area (Å²) in [6.07, 6.45) is -4.26. The number of alkyl halides is 3. The molecular formula is C21H28F6N4O. The van der Waals surface area contributed by atoms with Crippen LogP contribution in [-0.4, -0.2) is 68.2 Å². The van der Waals surface area contributed by atoms with Gasteiger partial charge in [-0.1, -0.05) is 0 Å². The van der Waals surface area contributed by atoms with Gasteiger partial charge in [-0.25, -0.2) is 13.2 Å². The first-order chi connectivity index (χ1) is 14.9. The molecule has 1 aromatic carbocycles. The minimum absolute atomic E-state index is 0.0155. The maximum Gasteiger partial charge on any atom is 0.405 e. The van der Waals surface area contributed by atoms with E-state index in [9.17, 15) is 31.1 Å². The van der Waals surface area contributed by atoms with Crippen molar-refractivity contribution in [1.82, 2.24) is 20.4 Å². The van der Waals surface area contributed by atoms with Gasteiger partial charge >= 0.3 is 6.18 Å². The van der Waals surface area contributed by atoms with Crippen molar-refractivity contribution in [2.24, 2.45) is 0 Å². The number of hydrogen-bond acceptors (Lipinski definition) is 4. The van der Waals surface area contributed by atoms with Gasteiger partial charge in [0.25, 0.3) is 0 Å². The van der Waals surface area contributed by atoms with Crippen LogP contribution in [0.5, 0.6) is 0 Å². The number of carbonyl (C=O) groups is 1. The van der Waals surface area contributed by atoms with Gasteiger partial charge in [-0.2, -0.15) is 13.2 Å². The van der Waals surface area contributed by atoms with E-state index in [0.717, 1.165) is 6.07 Å². The van der Waals surface area contributed by atoms with Crippen LogP contribution in [0.25, 0.3) is 0 Å². The van der Waals surface area contributed by atoms with E-state index in [0.29, 0.717) is 17.5 Å². The Morgan fingerprint density at radius 3 is 2.31 bits per heavy atom. The van der Waals surface area contributed by atoms with Gasteiger partial charge in [0.05, 0.1) is 0 Å². The lowest BCUT2D eigenvalue weighted by Gasteiger charge is -2.28. The molecule has 5 nitrogen and oxygen atoms in total. The van der Waals surface area contributed by atoms with Crippen molar-refractivity contribution in [3.8, 4) is 0 Å². The Morgan fingerprint density at radius 2 is 1.72 bits per heavy atom. The average molecular weight is 466 g/mol. The molecule has 2 rings (SSSR count). The van der Waals surface area contributed by atoms with Gasteiger partial charge in [0.1, 0.15) is 12.4 Å². The van der Waals surface area contributed by atoms with Gasteiger partial charge in [-0.3, -0.25) is 4.79 Å². The molecule has 1 heterocycles. The van der Waals surface area contributed by atoms with E-state index in [-0.39, 0.29) is 50.4 Å². The Labute approximate surface area is 183 Å². The number of nitrogens with zero attached hydrogens (tertiary/aromatic N) is 2. The first-order valence-corrected chi connectivity index (χ1v) is 10.2. The molecule has 1 amide bonds. The number of rotatable bonds is 7. The summed E-state index contributed by atoms with van der Waals surface area (Å²) in [7, 11) is 3.18. The molecule has 11 heteroatoms. The summed E-state index contributed by atoms with van der Waals surface area (Å²) in [5.41, 5.74) is 1.03. The van der Waals surface area contributed by atoms with Crippen molar-refractivity contribution in [3.63, 3.8) is 0 Å². The summed E-state index contributed by atoms with van der Waals surface area (Å²) in [6.45, 7) is 0.923.